The molecule has 3 rings (SSSR count). The summed E-state index contributed by atoms with van der Waals surface area (Å²) in [6.07, 6.45) is 2.14. The molecule has 2 aromatic rings. The van der Waals surface area contributed by atoms with Crippen molar-refractivity contribution in [2.75, 3.05) is 6.61 Å². The SMILES string of the molecule is O=C(COc1ccc(-c2ccccc2)cc1Cl)NC1CC1. The van der Waals surface area contributed by atoms with Gasteiger partial charge in [0.15, 0.2) is 6.61 Å². The largest absolute Gasteiger partial charge is 0.482 e. The lowest BCUT2D eigenvalue weighted by Crippen LogP contribution is -2.30. The standard InChI is InChI=1S/C17H16ClNO2/c18-15-10-13(12-4-2-1-3-5-12)6-9-16(15)21-11-17(20)19-14-7-8-14/h1-6,9-10,14H,7-8,11H2,(H,19,20). The molecule has 4 heteroatoms. The summed E-state index contributed by atoms with van der Waals surface area (Å²) in [5, 5.41) is 3.38. The van der Waals surface area contributed by atoms with Crippen molar-refractivity contribution in [3.63, 3.8) is 0 Å². The summed E-state index contributed by atoms with van der Waals surface area (Å²) in [5.41, 5.74) is 2.12. The lowest BCUT2D eigenvalue weighted by molar-refractivity contribution is -0.123. The molecular weight excluding hydrogens is 286 g/mol. The average molecular weight is 302 g/mol. The van der Waals surface area contributed by atoms with Crippen LogP contribution in [0.15, 0.2) is 48.5 Å². The van der Waals surface area contributed by atoms with E-state index in [1.807, 2.05) is 42.5 Å². The maximum atomic E-state index is 11.6. The van der Waals surface area contributed by atoms with Gasteiger partial charge in [0.2, 0.25) is 0 Å². The van der Waals surface area contributed by atoms with Crippen LogP contribution in [-0.4, -0.2) is 18.6 Å². The third kappa shape index (κ3) is 3.76. The van der Waals surface area contributed by atoms with Crippen LogP contribution >= 0.6 is 11.6 Å². The molecule has 0 unspecified atom stereocenters. The zero-order chi connectivity index (χ0) is 14.7. The normalized spacial score (nSPS) is 13.8. The van der Waals surface area contributed by atoms with Crippen molar-refractivity contribution in [3.8, 4) is 16.9 Å². The Hall–Kier alpha value is -2.00. The van der Waals surface area contributed by atoms with Gasteiger partial charge in [-0.2, -0.15) is 0 Å². The number of nitrogens with one attached hydrogen (secondary N) is 1. The van der Waals surface area contributed by atoms with E-state index in [-0.39, 0.29) is 12.5 Å². The fourth-order valence-corrected chi connectivity index (χ4v) is 2.30. The van der Waals surface area contributed by atoms with Crippen LogP contribution < -0.4 is 10.1 Å². The fourth-order valence-electron chi connectivity index (χ4n) is 2.07. The Morgan fingerprint density at radius 2 is 1.90 bits per heavy atom. The molecule has 1 fully saturated rings. The quantitative estimate of drug-likeness (QED) is 0.915. The van der Waals surface area contributed by atoms with Gasteiger partial charge in [-0.25, -0.2) is 0 Å². The summed E-state index contributed by atoms with van der Waals surface area (Å²) in [5.74, 6) is 0.433. The van der Waals surface area contributed by atoms with Crippen LogP contribution in [0, 0.1) is 0 Å². The van der Waals surface area contributed by atoms with Gasteiger partial charge in [0, 0.05) is 6.04 Å². The molecule has 0 saturated heterocycles. The van der Waals surface area contributed by atoms with Gasteiger partial charge in [-0.15, -0.1) is 0 Å². The molecule has 1 N–H and O–H groups in total. The Kier molecular flexibility index (Phi) is 4.11. The van der Waals surface area contributed by atoms with E-state index < -0.39 is 0 Å². The lowest BCUT2D eigenvalue weighted by Gasteiger charge is -2.10. The second kappa shape index (κ2) is 6.19. The highest BCUT2D eigenvalue weighted by molar-refractivity contribution is 6.32. The summed E-state index contributed by atoms with van der Waals surface area (Å²) >= 11 is 6.22. The second-order valence-electron chi connectivity index (χ2n) is 5.14. The molecule has 1 amide bonds. The van der Waals surface area contributed by atoms with Gasteiger partial charge in [0.05, 0.1) is 5.02 Å². The highest BCUT2D eigenvalue weighted by atomic mass is 35.5. The van der Waals surface area contributed by atoms with Crippen LogP contribution in [0.4, 0.5) is 0 Å². The molecule has 0 aromatic heterocycles. The van der Waals surface area contributed by atoms with Crippen LogP contribution in [0.25, 0.3) is 11.1 Å². The highest BCUT2D eigenvalue weighted by Gasteiger charge is 2.23. The smallest absolute Gasteiger partial charge is 0.258 e. The van der Waals surface area contributed by atoms with Crippen LogP contribution in [0.5, 0.6) is 5.75 Å². The summed E-state index contributed by atoms with van der Waals surface area (Å²) in [4.78, 5) is 11.6. The van der Waals surface area contributed by atoms with Crippen LogP contribution in [0.3, 0.4) is 0 Å². The van der Waals surface area contributed by atoms with E-state index in [2.05, 4.69) is 5.32 Å². The molecule has 1 aliphatic carbocycles. The molecular formula is C17H16ClNO2. The number of carbonyl (C=O) groups is 1. The molecule has 0 radical (unpaired) electrons. The molecule has 1 saturated carbocycles. The number of hydrogen-bond acceptors (Lipinski definition) is 2. The number of rotatable bonds is 5. The Morgan fingerprint density at radius 1 is 1.14 bits per heavy atom. The first-order chi connectivity index (χ1) is 10.2. The predicted molar refractivity (Wildman–Crippen MR) is 83.5 cm³/mol. The second-order valence-corrected chi connectivity index (χ2v) is 5.55. The number of amides is 1. The maximum absolute atomic E-state index is 11.6. The molecule has 2 aromatic carbocycles. The van der Waals surface area contributed by atoms with Crippen molar-refractivity contribution in [2.24, 2.45) is 0 Å². The number of hydrogen-bond donors (Lipinski definition) is 1. The lowest BCUT2D eigenvalue weighted by atomic mass is 10.1. The molecule has 0 spiro atoms. The first-order valence-electron chi connectivity index (χ1n) is 6.99. The third-order valence-electron chi connectivity index (χ3n) is 3.34. The molecule has 0 aliphatic heterocycles. The van der Waals surface area contributed by atoms with E-state index >= 15 is 0 Å². The molecule has 21 heavy (non-hydrogen) atoms. The minimum Gasteiger partial charge on any atom is -0.482 e. The minimum atomic E-state index is -0.0966. The van der Waals surface area contributed by atoms with Crippen molar-refractivity contribution in [1.82, 2.24) is 5.32 Å². The topological polar surface area (TPSA) is 38.3 Å². The number of benzene rings is 2. The van der Waals surface area contributed by atoms with Crippen molar-refractivity contribution in [2.45, 2.75) is 18.9 Å². The van der Waals surface area contributed by atoms with Gasteiger partial charge in [-0.3, -0.25) is 4.79 Å². The fraction of sp³-hybridized carbons (Fsp3) is 0.235. The molecule has 0 atom stereocenters. The Balaban J connectivity index is 1.65. The number of halogens is 1. The Labute approximate surface area is 128 Å². The van der Waals surface area contributed by atoms with E-state index in [9.17, 15) is 4.79 Å². The first kappa shape index (κ1) is 14.0. The third-order valence-corrected chi connectivity index (χ3v) is 3.64. The molecule has 1 aliphatic rings. The van der Waals surface area contributed by atoms with E-state index in [4.69, 9.17) is 16.3 Å². The summed E-state index contributed by atoms with van der Waals surface area (Å²) in [7, 11) is 0. The summed E-state index contributed by atoms with van der Waals surface area (Å²) in [6, 6.07) is 15.9. The summed E-state index contributed by atoms with van der Waals surface area (Å²) in [6.45, 7) is 0.000896. The summed E-state index contributed by atoms with van der Waals surface area (Å²) < 4.78 is 5.47. The van der Waals surface area contributed by atoms with Gasteiger partial charge < -0.3 is 10.1 Å². The van der Waals surface area contributed by atoms with Crippen LogP contribution in [0.2, 0.25) is 5.02 Å². The number of ether oxygens (including phenoxy) is 1. The van der Waals surface area contributed by atoms with Crippen molar-refractivity contribution < 1.29 is 9.53 Å². The molecule has 0 bridgehead atoms. The number of carbonyl (C=O) groups excluding carboxylic acids is 1. The van der Waals surface area contributed by atoms with Crippen molar-refractivity contribution in [1.29, 1.82) is 0 Å². The van der Waals surface area contributed by atoms with E-state index in [1.54, 1.807) is 6.07 Å². The monoisotopic (exact) mass is 301 g/mol. The van der Waals surface area contributed by atoms with Gasteiger partial charge in [0.25, 0.3) is 5.91 Å². The highest BCUT2D eigenvalue weighted by Crippen LogP contribution is 2.30. The van der Waals surface area contributed by atoms with Gasteiger partial charge in [-0.1, -0.05) is 48.0 Å². The minimum absolute atomic E-state index is 0.000896. The van der Waals surface area contributed by atoms with Crippen LogP contribution in [-0.2, 0) is 4.79 Å². The molecule has 3 nitrogen and oxygen atoms in total. The maximum Gasteiger partial charge on any atom is 0.258 e. The molecule has 108 valence electrons. The molecule has 0 heterocycles. The predicted octanol–water partition coefficient (Wildman–Crippen LogP) is 3.66. The van der Waals surface area contributed by atoms with Gasteiger partial charge in [-0.05, 0) is 36.1 Å². The first-order valence-corrected chi connectivity index (χ1v) is 7.37. The van der Waals surface area contributed by atoms with Gasteiger partial charge in [0.1, 0.15) is 5.75 Å². The Bertz CT molecular complexity index is 638. The van der Waals surface area contributed by atoms with Crippen molar-refractivity contribution in [3.05, 3.63) is 53.6 Å². The average Bonchev–Trinajstić information content (AvgIpc) is 3.31. The van der Waals surface area contributed by atoms with Crippen LogP contribution in [0.1, 0.15) is 12.8 Å². The van der Waals surface area contributed by atoms with E-state index in [0.29, 0.717) is 16.8 Å². The zero-order valence-electron chi connectivity index (χ0n) is 11.5. The van der Waals surface area contributed by atoms with E-state index in [0.717, 1.165) is 24.0 Å². The van der Waals surface area contributed by atoms with Crippen molar-refractivity contribution >= 4 is 17.5 Å². The Morgan fingerprint density at radius 3 is 2.57 bits per heavy atom. The van der Waals surface area contributed by atoms with E-state index in [1.165, 1.54) is 0 Å². The van der Waals surface area contributed by atoms with Gasteiger partial charge >= 0.3 is 0 Å². The zero-order valence-corrected chi connectivity index (χ0v) is 12.3.